The molecule has 2 aromatic rings. The van der Waals surface area contributed by atoms with Gasteiger partial charge in [-0.25, -0.2) is 8.42 Å². The van der Waals surface area contributed by atoms with Crippen LogP contribution in [0, 0.1) is 11.3 Å². The van der Waals surface area contributed by atoms with Crippen molar-refractivity contribution >= 4 is 49.2 Å². The van der Waals surface area contributed by atoms with Gasteiger partial charge >= 0.3 is 6.18 Å². The zero-order valence-corrected chi connectivity index (χ0v) is 25.3. The predicted molar refractivity (Wildman–Crippen MR) is 148 cm³/mol. The molecule has 3 atom stereocenters. The van der Waals surface area contributed by atoms with Gasteiger partial charge in [-0.05, 0) is 53.0 Å². The number of alkyl halides is 3. The molecule has 2 aliphatic heterocycles. The monoisotopic (exact) mass is 691 g/mol. The number of halogens is 5. The average molecular weight is 693 g/mol. The molecule has 3 unspecified atom stereocenters. The molecule has 226 valence electrons. The third kappa shape index (κ3) is 6.51. The maximum absolute atomic E-state index is 14.1. The smallest absolute Gasteiger partial charge is 0.422 e. The molecule has 0 aliphatic carbocycles. The van der Waals surface area contributed by atoms with E-state index in [0.717, 1.165) is 18.2 Å². The second-order valence-corrected chi connectivity index (χ2v) is 13.5. The second kappa shape index (κ2) is 12.4. The lowest BCUT2D eigenvalue weighted by molar-refractivity contribution is -0.153. The summed E-state index contributed by atoms with van der Waals surface area (Å²) in [6.07, 6.45) is -3.07. The molecular formula is C26H26BrClF3N5O5S. The van der Waals surface area contributed by atoms with Gasteiger partial charge in [0.2, 0.25) is 11.8 Å². The Morgan fingerprint density at radius 3 is 2.57 bits per heavy atom. The molecular weight excluding hydrogens is 667 g/mol. The number of likely N-dealkylation sites (tertiary alicyclic amines) is 1. The van der Waals surface area contributed by atoms with E-state index < -0.39 is 57.2 Å². The highest BCUT2D eigenvalue weighted by Crippen LogP contribution is 2.38. The fourth-order valence-corrected chi connectivity index (χ4v) is 7.35. The van der Waals surface area contributed by atoms with Crippen LogP contribution in [0.2, 0.25) is 5.02 Å². The minimum absolute atomic E-state index is 0.212. The van der Waals surface area contributed by atoms with Crippen molar-refractivity contribution in [2.24, 2.45) is 0 Å². The number of pyridine rings is 1. The minimum Gasteiger partial charge on any atom is -0.484 e. The van der Waals surface area contributed by atoms with Gasteiger partial charge in [-0.2, -0.15) is 18.4 Å². The van der Waals surface area contributed by atoms with Crippen LogP contribution in [0.1, 0.15) is 25.5 Å². The van der Waals surface area contributed by atoms with Crippen molar-refractivity contribution < 1.29 is 35.9 Å². The zero-order chi connectivity index (χ0) is 30.9. The largest absolute Gasteiger partial charge is 0.484 e. The molecule has 2 fully saturated rings. The first kappa shape index (κ1) is 32.0. The predicted octanol–water partition coefficient (Wildman–Crippen LogP) is 3.14. The molecule has 0 radical (unpaired) electrons. The van der Waals surface area contributed by atoms with Gasteiger partial charge in [0, 0.05) is 36.4 Å². The Labute approximate surface area is 253 Å². The summed E-state index contributed by atoms with van der Waals surface area (Å²) in [7, 11) is -4.29. The Bertz CT molecular complexity index is 1500. The Morgan fingerprint density at radius 1 is 1.33 bits per heavy atom. The highest BCUT2D eigenvalue weighted by atomic mass is 79.9. The van der Waals surface area contributed by atoms with Crippen molar-refractivity contribution in [1.29, 1.82) is 5.26 Å². The average Bonchev–Trinajstić information content (AvgIpc) is 3.37. The van der Waals surface area contributed by atoms with E-state index in [1.54, 1.807) is 19.1 Å². The maximum Gasteiger partial charge on any atom is 0.422 e. The summed E-state index contributed by atoms with van der Waals surface area (Å²) >= 11 is 9.50. The summed E-state index contributed by atoms with van der Waals surface area (Å²) in [5.74, 6) is -1.45. The number of hydrogen-bond acceptors (Lipinski definition) is 8. The SMILES string of the molecule is CCC(C#N)NC(=O)C1CC(S(=O)(=O)c2ccc(OCC(F)(F)F)cc2Cl)CN1C(=O)C1(c2ccc(Br)cn2)CNC1. The summed E-state index contributed by atoms with van der Waals surface area (Å²) in [6, 6.07) is 6.34. The van der Waals surface area contributed by atoms with Crippen molar-refractivity contribution in [1.82, 2.24) is 20.5 Å². The van der Waals surface area contributed by atoms with E-state index in [4.69, 9.17) is 11.6 Å². The minimum atomic E-state index is -4.60. The van der Waals surface area contributed by atoms with E-state index in [0.29, 0.717) is 16.6 Å². The summed E-state index contributed by atoms with van der Waals surface area (Å²) in [6.45, 7) is 0.172. The van der Waals surface area contributed by atoms with Crippen LogP contribution in [0.3, 0.4) is 0 Å². The molecule has 16 heteroatoms. The van der Waals surface area contributed by atoms with E-state index in [1.165, 1.54) is 11.1 Å². The highest BCUT2D eigenvalue weighted by molar-refractivity contribution is 9.10. The molecule has 1 aromatic carbocycles. The molecule has 0 saturated carbocycles. The number of rotatable bonds is 9. The van der Waals surface area contributed by atoms with E-state index in [9.17, 15) is 36.4 Å². The summed E-state index contributed by atoms with van der Waals surface area (Å²) in [4.78, 5) is 32.7. The van der Waals surface area contributed by atoms with E-state index >= 15 is 0 Å². The number of amides is 2. The van der Waals surface area contributed by atoms with Crippen LogP contribution in [-0.4, -0.2) is 79.9 Å². The lowest BCUT2D eigenvalue weighted by Gasteiger charge is -2.43. The summed E-state index contributed by atoms with van der Waals surface area (Å²) in [5.41, 5.74) is -0.701. The van der Waals surface area contributed by atoms with Crippen LogP contribution in [-0.2, 0) is 24.8 Å². The van der Waals surface area contributed by atoms with E-state index in [-0.39, 0.29) is 41.7 Å². The molecule has 2 amide bonds. The van der Waals surface area contributed by atoms with Crippen molar-refractivity contribution in [2.45, 2.75) is 53.6 Å². The summed E-state index contributed by atoms with van der Waals surface area (Å²) < 4.78 is 70.4. The van der Waals surface area contributed by atoms with Crippen molar-refractivity contribution in [3.05, 3.63) is 51.7 Å². The van der Waals surface area contributed by atoms with Crippen LogP contribution in [0.15, 0.2) is 45.9 Å². The number of nitrogens with one attached hydrogen (secondary N) is 2. The number of nitrogens with zero attached hydrogens (tertiary/aromatic N) is 3. The quantitative estimate of drug-likeness (QED) is 0.409. The Hall–Kier alpha value is -2.93. The molecule has 0 bridgehead atoms. The van der Waals surface area contributed by atoms with Gasteiger partial charge in [0.25, 0.3) is 0 Å². The van der Waals surface area contributed by atoms with Crippen LogP contribution in [0.5, 0.6) is 5.75 Å². The number of aromatic nitrogens is 1. The number of sulfone groups is 1. The molecule has 1 aromatic heterocycles. The Kier molecular flexibility index (Phi) is 9.41. The second-order valence-electron chi connectivity index (χ2n) is 10.0. The maximum atomic E-state index is 14.1. The molecule has 0 spiro atoms. The zero-order valence-electron chi connectivity index (χ0n) is 22.1. The summed E-state index contributed by atoms with van der Waals surface area (Å²) in [5, 5.41) is 13.3. The third-order valence-electron chi connectivity index (χ3n) is 7.24. The lowest BCUT2D eigenvalue weighted by atomic mass is 9.76. The molecule has 4 rings (SSSR count). The first-order valence-corrected chi connectivity index (χ1v) is 15.5. The number of carbonyl (C=O) groups excluding carboxylic acids is 2. The standard InChI is InChI=1S/C26H26BrClF3N5O5S/c1-2-16(9-32)35-23(37)20-8-18(42(39,40)21-5-4-17(7-19(21)28)41-14-26(29,30)31)11-36(20)24(38)25(12-33-13-25)22-6-3-15(27)10-34-22/h3-7,10,16,18,20,33H,2,8,11-14H2,1H3,(H,35,37). The molecule has 2 aliphatic rings. The molecule has 3 heterocycles. The van der Waals surface area contributed by atoms with E-state index in [2.05, 4.69) is 36.3 Å². The number of hydrogen-bond donors (Lipinski definition) is 2. The topological polar surface area (TPSA) is 141 Å². The van der Waals surface area contributed by atoms with Crippen LogP contribution < -0.4 is 15.4 Å². The first-order valence-electron chi connectivity index (χ1n) is 12.8. The van der Waals surface area contributed by atoms with Gasteiger partial charge in [-0.15, -0.1) is 0 Å². The van der Waals surface area contributed by atoms with Gasteiger partial charge in [0.05, 0.1) is 26.9 Å². The van der Waals surface area contributed by atoms with Crippen LogP contribution >= 0.6 is 27.5 Å². The van der Waals surface area contributed by atoms with Gasteiger partial charge in [0.15, 0.2) is 16.4 Å². The van der Waals surface area contributed by atoms with Gasteiger partial charge in [-0.3, -0.25) is 14.6 Å². The number of carbonyl (C=O) groups is 2. The Morgan fingerprint density at radius 2 is 2.05 bits per heavy atom. The fourth-order valence-electron chi connectivity index (χ4n) is 4.89. The molecule has 2 N–H and O–H groups in total. The highest BCUT2D eigenvalue weighted by Gasteiger charge is 2.55. The molecule has 42 heavy (non-hydrogen) atoms. The van der Waals surface area contributed by atoms with Gasteiger partial charge in [0.1, 0.15) is 23.2 Å². The van der Waals surface area contributed by atoms with Gasteiger partial charge in [-0.1, -0.05) is 18.5 Å². The fraction of sp³-hybridized carbons (Fsp3) is 0.462. The number of benzene rings is 1. The third-order valence-corrected chi connectivity index (χ3v) is 10.3. The number of nitriles is 1. The molecule has 10 nitrogen and oxygen atoms in total. The lowest BCUT2D eigenvalue weighted by Crippen LogP contribution is -2.67. The Balaban J connectivity index is 1.66. The van der Waals surface area contributed by atoms with Crippen molar-refractivity contribution in [3.8, 4) is 11.8 Å². The van der Waals surface area contributed by atoms with Crippen molar-refractivity contribution in [3.63, 3.8) is 0 Å². The number of ether oxygens (including phenoxy) is 1. The van der Waals surface area contributed by atoms with Crippen molar-refractivity contribution in [2.75, 3.05) is 26.2 Å². The van der Waals surface area contributed by atoms with Crippen LogP contribution in [0.4, 0.5) is 13.2 Å². The van der Waals surface area contributed by atoms with Crippen LogP contribution in [0.25, 0.3) is 0 Å². The molecule has 2 saturated heterocycles. The normalized spacial score (nSPS) is 20.7. The van der Waals surface area contributed by atoms with Gasteiger partial charge < -0.3 is 20.3 Å². The first-order chi connectivity index (χ1) is 19.7. The van der Waals surface area contributed by atoms with E-state index in [1.807, 2.05) is 6.07 Å².